The van der Waals surface area contributed by atoms with E-state index in [-0.39, 0.29) is 0 Å². The molecule has 0 aliphatic carbocycles. The molecular weight excluding hydrogens is 228 g/mol. The van der Waals surface area contributed by atoms with Gasteiger partial charge in [0, 0.05) is 19.9 Å². The van der Waals surface area contributed by atoms with Gasteiger partial charge in [-0.15, -0.1) is 5.10 Å². The Morgan fingerprint density at radius 1 is 1.22 bits per heavy atom. The van der Waals surface area contributed by atoms with Crippen molar-refractivity contribution < 1.29 is 0 Å². The van der Waals surface area contributed by atoms with E-state index >= 15 is 0 Å². The van der Waals surface area contributed by atoms with Crippen LogP contribution in [0.4, 0.5) is 0 Å². The van der Waals surface area contributed by atoms with Crippen molar-refractivity contribution in [3.05, 3.63) is 22.9 Å². The number of nitriles is 1. The smallest absolute Gasteiger partial charge is 0.172 e. The lowest BCUT2D eigenvalue weighted by atomic mass is 10.2. The standard InChI is InChI=1S/C12H16N6/c1-5-10-14-11(6-2)18(16-10)12-9(7-13)8(3)15-17(12)4/h5-6H2,1-4H3. The van der Waals surface area contributed by atoms with E-state index in [4.69, 9.17) is 0 Å². The molecule has 94 valence electrons. The third-order valence-electron chi connectivity index (χ3n) is 2.85. The third kappa shape index (κ3) is 1.78. The minimum absolute atomic E-state index is 0.555. The van der Waals surface area contributed by atoms with E-state index in [9.17, 15) is 5.26 Å². The van der Waals surface area contributed by atoms with Crippen LogP contribution in [0.5, 0.6) is 0 Å². The zero-order chi connectivity index (χ0) is 13.3. The lowest BCUT2D eigenvalue weighted by Crippen LogP contribution is -2.09. The van der Waals surface area contributed by atoms with E-state index < -0.39 is 0 Å². The van der Waals surface area contributed by atoms with Crippen molar-refractivity contribution >= 4 is 0 Å². The van der Waals surface area contributed by atoms with Crippen LogP contribution in [0.25, 0.3) is 5.82 Å². The van der Waals surface area contributed by atoms with Crippen molar-refractivity contribution in [1.29, 1.82) is 5.26 Å². The summed E-state index contributed by atoms with van der Waals surface area (Å²) in [5.41, 5.74) is 1.27. The van der Waals surface area contributed by atoms with E-state index in [2.05, 4.69) is 21.3 Å². The first-order chi connectivity index (χ1) is 8.62. The van der Waals surface area contributed by atoms with E-state index in [1.165, 1.54) is 0 Å². The van der Waals surface area contributed by atoms with E-state index in [0.29, 0.717) is 17.1 Å². The minimum atomic E-state index is 0.555. The average Bonchev–Trinajstić information content (AvgIpc) is 2.88. The van der Waals surface area contributed by atoms with Gasteiger partial charge < -0.3 is 0 Å². The molecule has 0 N–H and O–H groups in total. The van der Waals surface area contributed by atoms with Gasteiger partial charge in [-0.25, -0.2) is 9.67 Å². The Morgan fingerprint density at radius 2 is 1.94 bits per heavy atom. The number of aromatic nitrogens is 5. The highest BCUT2D eigenvalue weighted by molar-refractivity contribution is 5.47. The quantitative estimate of drug-likeness (QED) is 0.816. The first-order valence-corrected chi connectivity index (χ1v) is 6.01. The van der Waals surface area contributed by atoms with Crippen LogP contribution in [-0.2, 0) is 19.9 Å². The van der Waals surface area contributed by atoms with Crippen LogP contribution in [0.1, 0.15) is 36.8 Å². The second kappa shape index (κ2) is 4.61. The highest BCUT2D eigenvalue weighted by atomic mass is 15.4. The van der Waals surface area contributed by atoms with Crippen LogP contribution in [0.2, 0.25) is 0 Å². The first-order valence-electron chi connectivity index (χ1n) is 6.01. The number of hydrogen-bond acceptors (Lipinski definition) is 4. The van der Waals surface area contributed by atoms with E-state index in [1.54, 1.807) is 9.36 Å². The SMILES string of the molecule is CCc1nc(CC)n(-c2c(C#N)c(C)nn2C)n1. The predicted octanol–water partition coefficient (Wildman–Crippen LogP) is 1.31. The van der Waals surface area contributed by atoms with Gasteiger partial charge in [-0.3, -0.25) is 0 Å². The van der Waals surface area contributed by atoms with E-state index in [1.807, 2.05) is 27.8 Å². The molecule has 18 heavy (non-hydrogen) atoms. The van der Waals surface area contributed by atoms with Crippen molar-refractivity contribution in [3.63, 3.8) is 0 Å². The average molecular weight is 244 g/mol. The molecule has 0 atom stereocenters. The van der Waals surface area contributed by atoms with Crippen molar-refractivity contribution in [3.8, 4) is 11.9 Å². The fourth-order valence-electron chi connectivity index (χ4n) is 1.96. The molecule has 6 heteroatoms. The zero-order valence-corrected chi connectivity index (χ0v) is 11.1. The molecule has 0 unspecified atom stereocenters. The van der Waals surface area contributed by atoms with Gasteiger partial charge in [0.1, 0.15) is 17.5 Å². The highest BCUT2D eigenvalue weighted by Gasteiger charge is 2.19. The summed E-state index contributed by atoms with van der Waals surface area (Å²) in [5, 5.41) is 18.0. The molecule has 0 saturated heterocycles. The third-order valence-corrected chi connectivity index (χ3v) is 2.85. The van der Waals surface area contributed by atoms with E-state index in [0.717, 1.165) is 24.5 Å². The molecule has 0 saturated carbocycles. The number of hydrogen-bond donors (Lipinski definition) is 0. The number of nitrogens with zero attached hydrogens (tertiary/aromatic N) is 6. The van der Waals surface area contributed by atoms with Gasteiger partial charge in [-0.2, -0.15) is 15.0 Å². The maximum absolute atomic E-state index is 9.24. The summed E-state index contributed by atoms with van der Waals surface area (Å²) in [6.45, 7) is 5.86. The van der Waals surface area contributed by atoms with Crippen LogP contribution in [0.15, 0.2) is 0 Å². The molecule has 0 fully saturated rings. The monoisotopic (exact) mass is 244 g/mol. The van der Waals surface area contributed by atoms with Crippen molar-refractivity contribution in [2.24, 2.45) is 7.05 Å². The van der Waals surface area contributed by atoms with Gasteiger partial charge in [0.25, 0.3) is 0 Å². The first kappa shape index (κ1) is 12.3. The summed E-state index contributed by atoms with van der Waals surface area (Å²) in [6.07, 6.45) is 1.54. The second-order valence-electron chi connectivity index (χ2n) is 4.08. The summed E-state index contributed by atoms with van der Waals surface area (Å²) >= 11 is 0. The van der Waals surface area contributed by atoms with Crippen LogP contribution in [-0.4, -0.2) is 24.5 Å². The molecule has 0 aliphatic heterocycles. The summed E-state index contributed by atoms with van der Waals surface area (Å²) in [5.74, 6) is 2.33. The maximum Gasteiger partial charge on any atom is 0.172 e. The van der Waals surface area contributed by atoms with Crippen LogP contribution >= 0.6 is 0 Å². The molecule has 6 nitrogen and oxygen atoms in total. The number of rotatable bonds is 3. The lowest BCUT2D eigenvalue weighted by molar-refractivity contribution is 0.670. The fraction of sp³-hybridized carbons (Fsp3) is 0.500. The molecule has 0 radical (unpaired) electrons. The normalized spacial score (nSPS) is 10.6. The fourth-order valence-corrected chi connectivity index (χ4v) is 1.96. The van der Waals surface area contributed by atoms with Crippen molar-refractivity contribution in [2.45, 2.75) is 33.6 Å². The summed E-state index contributed by atoms with van der Waals surface area (Å²) in [7, 11) is 1.82. The van der Waals surface area contributed by atoms with Gasteiger partial charge in [0.15, 0.2) is 11.6 Å². The molecule has 2 heterocycles. The Bertz CT molecular complexity index is 613. The Morgan fingerprint density at radius 3 is 2.50 bits per heavy atom. The Kier molecular flexibility index (Phi) is 3.15. The van der Waals surface area contributed by atoms with Crippen LogP contribution in [0.3, 0.4) is 0 Å². The molecular formula is C12H16N6. The van der Waals surface area contributed by atoms with Crippen molar-refractivity contribution in [2.75, 3.05) is 0 Å². The summed E-state index contributed by atoms with van der Waals surface area (Å²) in [6, 6.07) is 2.19. The lowest BCUT2D eigenvalue weighted by Gasteiger charge is -2.04. The van der Waals surface area contributed by atoms with Gasteiger partial charge in [-0.05, 0) is 6.92 Å². The van der Waals surface area contributed by atoms with Gasteiger partial charge >= 0.3 is 0 Å². The zero-order valence-electron chi connectivity index (χ0n) is 11.1. The predicted molar refractivity (Wildman–Crippen MR) is 66.3 cm³/mol. The van der Waals surface area contributed by atoms with Crippen molar-refractivity contribution in [1.82, 2.24) is 24.5 Å². The highest BCUT2D eigenvalue weighted by Crippen LogP contribution is 2.18. The van der Waals surface area contributed by atoms with Crippen LogP contribution in [0, 0.1) is 18.3 Å². The van der Waals surface area contributed by atoms with Gasteiger partial charge in [0.2, 0.25) is 0 Å². The maximum atomic E-state index is 9.24. The molecule has 0 aromatic carbocycles. The summed E-state index contributed by atoms with van der Waals surface area (Å²) < 4.78 is 3.42. The Balaban J connectivity index is 2.69. The molecule has 0 bridgehead atoms. The minimum Gasteiger partial charge on any atom is -0.249 e. The van der Waals surface area contributed by atoms with Gasteiger partial charge in [-0.1, -0.05) is 13.8 Å². The van der Waals surface area contributed by atoms with Gasteiger partial charge in [0.05, 0.1) is 5.69 Å². The molecule has 0 spiro atoms. The molecule has 0 aliphatic rings. The largest absolute Gasteiger partial charge is 0.249 e. The number of aryl methyl sites for hydroxylation is 4. The Hall–Kier alpha value is -2.16. The molecule has 0 amide bonds. The van der Waals surface area contributed by atoms with Crippen LogP contribution < -0.4 is 0 Å². The second-order valence-corrected chi connectivity index (χ2v) is 4.08. The summed E-state index contributed by atoms with van der Waals surface area (Å²) in [4.78, 5) is 4.45. The molecule has 2 rings (SSSR count). The Labute approximate surface area is 106 Å². The molecule has 2 aromatic rings. The molecule has 2 aromatic heterocycles. The topological polar surface area (TPSA) is 72.3 Å².